The third kappa shape index (κ3) is 2.14. The summed E-state index contributed by atoms with van der Waals surface area (Å²) >= 11 is 0. The Morgan fingerprint density at radius 1 is 0.929 bits per heavy atom. The van der Waals surface area contributed by atoms with Crippen LogP contribution in [0.25, 0.3) is 0 Å². The largest absolute Gasteiger partial charge is 0.457 e. The monoisotopic (exact) mass is 198 g/mol. The van der Waals surface area contributed by atoms with Crippen LogP contribution < -0.4 is 0 Å². The molecule has 0 saturated carbocycles. The van der Waals surface area contributed by atoms with Gasteiger partial charge in [0.25, 0.3) is 0 Å². The van der Waals surface area contributed by atoms with Gasteiger partial charge in [-0.15, -0.1) is 0 Å². The van der Waals surface area contributed by atoms with Gasteiger partial charge in [0.05, 0.1) is 25.4 Å². The summed E-state index contributed by atoms with van der Waals surface area (Å²) in [6.07, 6.45) is 1.86. The topological polar surface area (TPSA) is 36.9 Å². The molecule has 0 spiro atoms. The molecule has 0 radical (unpaired) electrons. The lowest BCUT2D eigenvalue weighted by atomic mass is 9.80. The van der Waals surface area contributed by atoms with Crippen LogP contribution in [0.3, 0.4) is 0 Å². The lowest BCUT2D eigenvalue weighted by Crippen LogP contribution is -2.55. The Kier molecular flexibility index (Phi) is 3.49. The molecule has 0 aliphatic carbocycles. The van der Waals surface area contributed by atoms with E-state index in [9.17, 15) is 0 Å². The van der Waals surface area contributed by atoms with E-state index >= 15 is 0 Å². The number of fused-ring (bicyclic) bond motifs is 1. The number of rotatable bonds is 2. The van der Waals surface area contributed by atoms with Crippen LogP contribution in [0, 0.1) is 0 Å². The highest BCUT2D eigenvalue weighted by Gasteiger charge is 2.40. The fourth-order valence-corrected chi connectivity index (χ4v) is 1.77. The van der Waals surface area contributed by atoms with Crippen LogP contribution in [-0.4, -0.2) is 39.7 Å². The number of hydrogen-bond acceptors (Lipinski definition) is 4. The molecule has 0 aromatic rings. The van der Waals surface area contributed by atoms with E-state index in [0.29, 0.717) is 13.2 Å². The van der Waals surface area contributed by atoms with E-state index in [2.05, 4.69) is 0 Å². The van der Waals surface area contributed by atoms with Crippen molar-refractivity contribution < 1.29 is 18.6 Å². The molecule has 0 aromatic carbocycles. The Labute approximate surface area is 85.5 Å². The Morgan fingerprint density at radius 2 is 1.36 bits per heavy atom. The van der Waals surface area contributed by atoms with Gasteiger partial charge in [-0.3, -0.25) is 0 Å². The minimum Gasteiger partial charge on any atom is -0.408 e. The van der Waals surface area contributed by atoms with Crippen LogP contribution in [0.2, 0.25) is 12.6 Å². The minimum absolute atomic E-state index is 0.0523. The van der Waals surface area contributed by atoms with Crippen molar-refractivity contribution in [3.05, 3.63) is 0 Å². The fourth-order valence-electron chi connectivity index (χ4n) is 1.77. The minimum atomic E-state index is -0.0818. The van der Waals surface area contributed by atoms with Gasteiger partial charge in [0.15, 0.2) is 0 Å². The predicted octanol–water partition coefficient (Wildman–Crippen LogP) is 0.833. The van der Waals surface area contributed by atoms with E-state index in [1.807, 2.05) is 13.8 Å². The average Bonchev–Trinajstić information content (AvgIpc) is 2.27. The van der Waals surface area contributed by atoms with Crippen LogP contribution in [-0.2, 0) is 18.6 Å². The van der Waals surface area contributed by atoms with Crippen molar-refractivity contribution in [3.8, 4) is 0 Å². The molecular formula is C8H16B2O4. The van der Waals surface area contributed by atoms with Gasteiger partial charge in [-0.25, -0.2) is 0 Å². The van der Waals surface area contributed by atoms with Gasteiger partial charge in [-0.2, -0.15) is 0 Å². The smallest absolute Gasteiger partial charge is 0.408 e. The Morgan fingerprint density at radius 3 is 1.71 bits per heavy atom. The van der Waals surface area contributed by atoms with Crippen molar-refractivity contribution in [1.29, 1.82) is 0 Å². The van der Waals surface area contributed by atoms with Gasteiger partial charge in [-0.05, 0) is 12.6 Å². The van der Waals surface area contributed by atoms with Crippen LogP contribution in [0.1, 0.15) is 13.8 Å². The molecule has 2 rings (SSSR count). The third-order valence-electron chi connectivity index (χ3n) is 2.63. The highest BCUT2D eigenvalue weighted by atomic mass is 16.7. The van der Waals surface area contributed by atoms with Gasteiger partial charge < -0.3 is 18.6 Å². The Hall–Kier alpha value is -0.0301. The lowest BCUT2D eigenvalue weighted by molar-refractivity contribution is -0.0939. The average molecular weight is 198 g/mol. The Bertz CT molecular complexity index is 172. The zero-order valence-corrected chi connectivity index (χ0v) is 8.77. The Balaban J connectivity index is 1.88. The van der Waals surface area contributed by atoms with Crippen molar-refractivity contribution in [3.63, 3.8) is 0 Å². The summed E-state index contributed by atoms with van der Waals surface area (Å²) in [4.78, 5) is 0. The molecule has 2 fully saturated rings. The quantitative estimate of drug-likeness (QED) is 0.615. The van der Waals surface area contributed by atoms with Crippen LogP contribution in [0.15, 0.2) is 0 Å². The molecule has 14 heavy (non-hydrogen) atoms. The normalized spacial score (nSPS) is 33.0. The summed E-state index contributed by atoms with van der Waals surface area (Å²) in [5.74, 6) is 0. The molecular weight excluding hydrogens is 182 g/mol. The van der Waals surface area contributed by atoms with Gasteiger partial charge in [0.1, 0.15) is 0 Å². The predicted molar refractivity (Wildman–Crippen MR) is 54.1 cm³/mol. The highest BCUT2D eigenvalue weighted by Crippen LogP contribution is 2.22. The maximum atomic E-state index is 5.66. The summed E-state index contributed by atoms with van der Waals surface area (Å²) in [7, 11) is -0.164. The first-order valence-electron chi connectivity index (χ1n) is 5.37. The van der Waals surface area contributed by atoms with E-state index in [1.165, 1.54) is 0 Å². The standard InChI is InChI=1S/C8H16B2O4/c1-3-9-11-5-8-7(13-9)6-12-10(4-2)14-8/h7-8H,3-6H2,1-2H3/t7-,8-/m0/s1. The molecule has 2 aliphatic heterocycles. The molecule has 0 bridgehead atoms. The van der Waals surface area contributed by atoms with E-state index in [4.69, 9.17) is 18.6 Å². The molecule has 78 valence electrons. The summed E-state index contributed by atoms with van der Waals surface area (Å²) in [6.45, 7) is 5.35. The van der Waals surface area contributed by atoms with E-state index < -0.39 is 0 Å². The molecule has 0 aromatic heterocycles. The molecule has 4 nitrogen and oxygen atoms in total. The zero-order chi connectivity index (χ0) is 9.97. The maximum Gasteiger partial charge on any atom is 0.457 e. The third-order valence-corrected chi connectivity index (χ3v) is 2.63. The molecule has 2 aliphatic rings. The lowest BCUT2D eigenvalue weighted by Gasteiger charge is -2.40. The van der Waals surface area contributed by atoms with Crippen LogP contribution in [0.5, 0.6) is 0 Å². The molecule has 0 amide bonds. The van der Waals surface area contributed by atoms with Crippen LogP contribution in [0.4, 0.5) is 0 Å². The second-order valence-electron chi connectivity index (χ2n) is 3.69. The summed E-state index contributed by atoms with van der Waals surface area (Å²) in [6, 6.07) is 0. The molecule has 2 saturated heterocycles. The van der Waals surface area contributed by atoms with E-state index in [-0.39, 0.29) is 26.4 Å². The molecule has 0 N–H and O–H groups in total. The van der Waals surface area contributed by atoms with E-state index in [1.54, 1.807) is 0 Å². The molecule has 6 heteroatoms. The van der Waals surface area contributed by atoms with Gasteiger partial charge in [-0.1, -0.05) is 13.8 Å². The van der Waals surface area contributed by atoms with Crippen molar-refractivity contribution in [2.75, 3.05) is 13.2 Å². The maximum absolute atomic E-state index is 5.66. The highest BCUT2D eigenvalue weighted by molar-refractivity contribution is 6.45. The summed E-state index contributed by atoms with van der Waals surface area (Å²) < 4.78 is 22.3. The van der Waals surface area contributed by atoms with Gasteiger partial charge in [0.2, 0.25) is 0 Å². The number of hydrogen-bond donors (Lipinski definition) is 0. The molecule has 2 heterocycles. The SMILES string of the molecule is CCB1OC[C@@H]2OB(CC)OC[C@@H]2O1. The second-order valence-corrected chi connectivity index (χ2v) is 3.69. The van der Waals surface area contributed by atoms with Crippen molar-refractivity contribution in [2.45, 2.75) is 38.7 Å². The fraction of sp³-hybridized carbons (Fsp3) is 1.00. The molecule has 2 atom stereocenters. The van der Waals surface area contributed by atoms with Gasteiger partial charge >= 0.3 is 14.2 Å². The summed E-state index contributed by atoms with van der Waals surface area (Å²) in [5, 5.41) is 0. The van der Waals surface area contributed by atoms with Gasteiger partial charge in [0, 0.05) is 0 Å². The first-order chi connectivity index (χ1) is 6.83. The second kappa shape index (κ2) is 4.66. The van der Waals surface area contributed by atoms with E-state index in [0.717, 1.165) is 12.6 Å². The first-order valence-corrected chi connectivity index (χ1v) is 5.37. The first kappa shape index (κ1) is 10.5. The van der Waals surface area contributed by atoms with Crippen molar-refractivity contribution in [2.24, 2.45) is 0 Å². The molecule has 0 unspecified atom stereocenters. The summed E-state index contributed by atoms with van der Waals surface area (Å²) in [5.41, 5.74) is 0. The zero-order valence-electron chi connectivity index (χ0n) is 8.77. The van der Waals surface area contributed by atoms with Crippen LogP contribution >= 0.6 is 0 Å². The van der Waals surface area contributed by atoms with Crippen molar-refractivity contribution in [1.82, 2.24) is 0 Å². The van der Waals surface area contributed by atoms with Crippen molar-refractivity contribution >= 4 is 14.2 Å².